The van der Waals surface area contributed by atoms with Crippen LogP contribution in [0, 0.1) is 6.92 Å². The van der Waals surface area contributed by atoms with Crippen LogP contribution in [0.2, 0.25) is 0 Å². The van der Waals surface area contributed by atoms with Gasteiger partial charge in [0.05, 0.1) is 7.05 Å². The number of hydrogen-bond acceptors (Lipinski definition) is 0. The molecule has 2 rings (SSSR count). The summed E-state index contributed by atoms with van der Waals surface area (Å²) in [7, 11) is 2.03. The van der Waals surface area contributed by atoms with Crippen molar-refractivity contribution in [1.82, 2.24) is 4.57 Å². The number of aryl methyl sites for hydroxylation is 2. The Balaban J connectivity index is 2.18. The van der Waals surface area contributed by atoms with E-state index in [-0.39, 0.29) is 0 Å². The molecule has 0 N–H and O–H groups in total. The van der Waals surface area contributed by atoms with Crippen LogP contribution in [-0.4, -0.2) is 4.57 Å². The average Bonchev–Trinajstić information content (AvgIpc) is 2.51. The van der Waals surface area contributed by atoms with E-state index in [2.05, 4.69) is 59.0 Å². The van der Waals surface area contributed by atoms with Gasteiger partial charge in [-0.2, -0.15) is 0 Å². The van der Waals surface area contributed by atoms with Gasteiger partial charge < -0.3 is 0 Å². The fourth-order valence-corrected chi connectivity index (χ4v) is 1.62. The number of benzene rings is 1. The zero-order chi connectivity index (χ0) is 9.97. The van der Waals surface area contributed by atoms with Crippen LogP contribution in [0.1, 0.15) is 11.1 Å². The van der Waals surface area contributed by atoms with Gasteiger partial charge in [-0.05, 0) is 12.5 Å². The van der Waals surface area contributed by atoms with E-state index in [4.69, 9.17) is 0 Å². The molecule has 0 unspecified atom stereocenters. The second-order valence-electron chi connectivity index (χ2n) is 3.74. The van der Waals surface area contributed by atoms with Gasteiger partial charge in [0, 0.05) is 0 Å². The smallest absolute Gasteiger partial charge is 0.240 e. The Labute approximate surface area is 84.4 Å². The Kier molecular flexibility index (Phi) is 2.35. The highest BCUT2D eigenvalue weighted by atomic mass is 15.1. The molecule has 0 radical (unpaired) electrons. The van der Waals surface area contributed by atoms with Crippen molar-refractivity contribution < 1.29 is 4.57 Å². The molecule has 14 heavy (non-hydrogen) atoms. The summed E-state index contributed by atoms with van der Waals surface area (Å²) in [6.07, 6.45) is 6.22. The Bertz CT molecular complexity index is 429. The zero-order valence-corrected chi connectivity index (χ0v) is 8.64. The maximum Gasteiger partial charge on any atom is 0.243 e. The van der Waals surface area contributed by atoms with E-state index >= 15 is 0 Å². The first-order valence-corrected chi connectivity index (χ1v) is 4.80. The molecular weight excluding hydrogens is 172 g/mol. The van der Waals surface area contributed by atoms with Gasteiger partial charge in [-0.15, -0.1) is 0 Å². The maximum absolute atomic E-state index is 2.22. The standard InChI is InChI=1S/C12H15N2/c1-11-4-3-5-12(8-11)9-14-7-6-13(2)10-14/h3-8,10H,9H2,1-2H3/q+1. The van der Waals surface area contributed by atoms with Crippen molar-refractivity contribution >= 4 is 0 Å². The fourth-order valence-electron chi connectivity index (χ4n) is 1.62. The van der Waals surface area contributed by atoms with Gasteiger partial charge in [0.1, 0.15) is 18.9 Å². The van der Waals surface area contributed by atoms with Crippen LogP contribution in [0.5, 0.6) is 0 Å². The molecule has 2 heteroatoms. The highest BCUT2D eigenvalue weighted by Gasteiger charge is 2.01. The van der Waals surface area contributed by atoms with Crippen molar-refractivity contribution in [1.29, 1.82) is 0 Å². The zero-order valence-electron chi connectivity index (χ0n) is 8.64. The summed E-state index contributed by atoms with van der Waals surface area (Å²) in [4.78, 5) is 0. The topological polar surface area (TPSA) is 8.81 Å². The summed E-state index contributed by atoms with van der Waals surface area (Å²) in [5, 5.41) is 0. The maximum atomic E-state index is 2.22. The minimum atomic E-state index is 0.947. The molecule has 2 aromatic rings. The summed E-state index contributed by atoms with van der Waals surface area (Å²) in [6.45, 7) is 3.07. The molecule has 72 valence electrons. The SMILES string of the molecule is Cc1cccc(Cn2cc[n+](C)c2)c1. The summed E-state index contributed by atoms with van der Waals surface area (Å²) >= 11 is 0. The molecule has 0 aliphatic carbocycles. The first-order chi connectivity index (χ1) is 6.74. The van der Waals surface area contributed by atoms with Gasteiger partial charge in [0.2, 0.25) is 6.33 Å². The Hall–Kier alpha value is -1.57. The molecule has 0 saturated heterocycles. The van der Waals surface area contributed by atoms with E-state index < -0.39 is 0 Å². The van der Waals surface area contributed by atoms with E-state index in [1.54, 1.807) is 0 Å². The second kappa shape index (κ2) is 3.66. The van der Waals surface area contributed by atoms with Crippen LogP contribution in [0.15, 0.2) is 43.0 Å². The van der Waals surface area contributed by atoms with Crippen LogP contribution >= 0.6 is 0 Å². The van der Waals surface area contributed by atoms with Gasteiger partial charge >= 0.3 is 0 Å². The van der Waals surface area contributed by atoms with E-state index in [1.165, 1.54) is 11.1 Å². The summed E-state index contributed by atoms with van der Waals surface area (Å²) in [5.41, 5.74) is 2.67. The number of rotatable bonds is 2. The molecule has 0 atom stereocenters. The van der Waals surface area contributed by atoms with Gasteiger partial charge in [-0.1, -0.05) is 29.8 Å². The Morgan fingerprint density at radius 1 is 1.36 bits per heavy atom. The third-order valence-electron chi connectivity index (χ3n) is 2.27. The van der Waals surface area contributed by atoms with E-state index in [1.807, 2.05) is 7.05 Å². The first kappa shape index (κ1) is 9.00. The van der Waals surface area contributed by atoms with Crippen LogP contribution in [0.4, 0.5) is 0 Å². The van der Waals surface area contributed by atoms with Crippen molar-refractivity contribution in [3.8, 4) is 0 Å². The molecule has 0 aliphatic rings. The van der Waals surface area contributed by atoms with Crippen molar-refractivity contribution in [2.24, 2.45) is 7.05 Å². The lowest BCUT2D eigenvalue weighted by atomic mass is 10.1. The lowest BCUT2D eigenvalue weighted by molar-refractivity contribution is -0.671. The van der Waals surface area contributed by atoms with Gasteiger partial charge in [0.15, 0.2) is 0 Å². The number of hydrogen-bond donors (Lipinski definition) is 0. The van der Waals surface area contributed by atoms with Crippen LogP contribution in [0.3, 0.4) is 0 Å². The minimum Gasteiger partial charge on any atom is -0.240 e. The monoisotopic (exact) mass is 187 g/mol. The quantitative estimate of drug-likeness (QED) is 0.632. The van der Waals surface area contributed by atoms with Crippen LogP contribution in [0.25, 0.3) is 0 Å². The molecule has 0 amide bonds. The third kappa shape index (κ3) is 2.02. The predicted octanol–water partition coefficient (Wildman–Crippen LogP) is 1.67. The molecule has 0 fully saturated rings. The Morgan fingerprint density at radius 3 is 2.86 bits per heavy atom. The largest absolute Gasteiger partial charge is 0.243 e. The van der Waals surface area contributed by atoms with Gasteiger partial charge in [0.25, 0.3) is 0 Å². The lowest BCUT2D eigenvalue weighted by Crippen LogP contribution is -2.23. The van der Waals surface area contributed by atoms with E-state index in [9.17, 15) is 0 Å². The Morgan fingerprint density at radius 2 is 2.21 bits per heavy atom. The fraction of sp³-hybridized carbons (Fsp3) is 0.250. The predicted molar refractivity (Wildman–Crippen MR) is 55.9 cm³/mol. The molecule has 0 bridgehead atoms. The molecule has 1 aromatic heterocycles. The van der Waals surface area contributed by atoms with E-state index in [0.717, 1.165) is 6.54 Å². The highest BCUT2D eigenvalue weighted by Crippen LogP contribution is 2.05. The number of imidazole rings is 1. The molecule has 0 saturated carbocycles. The summed E-state index contributed by atoms with van der Waals surface area (Å²) < 4.78 is 4.23. The molecule has 1 aromatic carbocycles. The molecule has 0 aliphatic heterocycles. The molecule has 2 nitrogen and oxygen atoms in total. The minimum absolute atomic E-state index is 0.947. The van der Waals surface area contributed by atoms with Crippen molar-refractivity contribution in [2.45, 2.75) is 13.5 Å². The average molecular weight is 187 g/mol. The summed E-state index contributed by atoms with van der Waals surface area (Å²) in [6, 6.07) is 8.61. The number of aromatic nitrogens is 2. The number of nitrogens with zero attached hydrogens (tertiary/aromatic N) is 2. The van der Waals surface area contributed by atoms with Crippen molar-refractivity contribution in [2.75, 3.05) is 0 Å². The molecule has 0 spiro atoms. The van der Waals surface area contributed by atoms with Gasteiger partial charge in [-0.25, -0.2) is 9.13 Å². The van der Waals surface area contributed by atoms with Crippen LogP contribution < -0.4 is 4.57 Å². The summed E-state index contributed by atoms with van der Waals surface area (Å²) in [5.74, 6) is 0. The second-order valence-corrected chi connectivity index (χ2v) is 3.74. The first-order valence-electron chi connectivity index (χ1n) is 4.80. The molecule has 1 heterocycles. The van der Waals surface area contributed by atoms with Crippen LogP contribution in [-0.2, 0) is 13.6 Å². The highest BCUT2D eigenvalue weighted by molar-refractivity contribution is 5.22. The third-order valence-corrected chi connectivity index (χ3v) is 2.27. The van der Waals surface area contributed by atoms with E-state index in [0.29, 0.717) is 0 Å². The van der Waals surface area contributed by atoms with Crippen molar-refractivity contribution in [3.63, 3.8) is 0 Å². The normalized spacial score (nSPS) is 10.4. The van der Waals surface area contributed by atoms with Gasteiger partial charge in [-0.3, -0.25) is 0 Å². The molecular formula is C12H15N2+. The van der Waals surface area contributed by atoms with Crippen molar-refractivity contribution in [3.05, 3.63) is 54.1 Å². The lowest BCUT2D eigenvalue weighted by Gasteiger charge is -1.98.